The van der Waals surface area contributed by atoms with Crippen molar-refractivity contribution < 1.29 is 0 Å². The monoisotopic (exact) mass is 253 g/mol. The van der Waals surface area contributed by atoms with Gasteiger partial charge in [-0.05, 0) is 24.9 Å². The first-order valence-corrected chi connectivity index (χ1v) is 9.06. The fraction of sp³-hybridized carbons (Fsp3) is 1.00. The van der Waals surface area contributed by atoms with Crippen molar-refractivity contribution in [1.82, 2.24) is 4.31 Å². The SMILES string of the molecule is CCCCN(CCCC)S(C)(CC)CCl. The summed E-state index contributed by atoms with van der Waals surface area (Å²) in [4.78, 5) is 0. The predicted octanol–water partition coefficient (Wildman–Crippen LogP) is 4.45. The minimum absolute atomic E-state index is 0.701. The summed E-state index contributed by atoms with van der Waals surface area (Å²) < 4.78 is 2.67. The van der Waals surface area contributed by atoms with Crippen LogP contribution in [0.3, 0.4) is 0 Å². The molecule has 1 nitrogen and oxygen atoms in total. The van der Waals surface area contributed by atoms with Gasteiger partial charge < -0.3 is 0 Å². The summed E-state index contributed by atoms with van der Waals surface area (Å²) in [5.74, 6) is 1.23. The predicted molar refractivity (Wildman–Crippen MR) is 76.2 cm³/mol. The maximum atomic E-state index is 6.16. The molecular formula is C12H28ClNS. The highest BCUT2D eigenvalue weighted by molar-refractivity contribution is 8.32. The summed E-state index contributed by atoms with van der Waals surface area (Å²) in [6.07, 6.45) is 7.56. The molecule has 15 heavy (non-hydrogen) atoms. The molecular weight excluding hydrogens is 226 g/mol. The van der Waals surface area contributed by atoms with Crippen molar-refractivity contribution >= 4 is 21.8 Å². The second kappa shape index (κ2) is 8.72. The normalized spacial score (nSPS) is 17.7. The molecule has 0 N–H and O–H groups in total. The highest BCUT2D eigenvalue weighted by Crippen LogP contribution is 2.48. The Morgan fingerprint density at radius 3 is 1.73 bits per heavy atom. The Balaban J connectivity index is 4.29. The van der Waals surface area contributed by atoms with Gasteiger partial charge in [0.1, 0.15) is 0 Å². The zero-order chi connectivity index (χ0) is 11.7. The van der Waals surface area contributed by atoms with Crippen LogP contribution < -0.4 is 0 Å². The van der Waals surface area contributed by atoms with E-state index in [1.165, 1.54) is 44.5 Å². The van der Waals surface area contributed by atoms with E-state index in [0.29, 0.717) is 0 Å². The van der Waals surface area contributed by atoms with Gasteiger partial charge in [0.05, 0.1) is 5.21 Å². The van der Waals surface area contributed by atoms with Crippen LogP contribution in [0, 0.1) is 0 Å². The number of alkyl halides is 1. The summed E-state index contributed by atoms with van der Waals surface area (Å²) in [6, 6.07) is 0. The zero-order valence-electron chi connectivity index (χ0n) is 10.9. The van der Waals surface area contributed by atoms with Crippen molar-refractivity contribution in [3.05, 3.63) is 0 Å². The third kappa shape index (κ3) is 5.46. The van der Waals surface area contributed by atoms with Gasteiger partial charge in [0.25, 0.3) is 0 Å². The molecule has 0 saturated heterocycles. The van der Waals surface area contributed by atoms with E-state index in [1.54, 1.807) is 0 Å². The van der Waals surface area contributed by atoms with Crippen molar-refractivity contribution in [1.29, 1.82) is 0 Å². The number of hydrogen-bond donors (Lipinski definition) is 0. The van der Waals surface area contributed by atoms with Gasteiger partial charge in [0.2, 0.25) is 0 Å². The lowest BCUT2D eigenvalue weighted by molar-refractivity contribution is 0.434. The molecule has 0 aliphatic rings. The van der Waals surface area contributed by atoms with E-state index in [4.69, 9.17) is 11.6 Å². The first-order chi connectivity index (χ1) is 7.14. The van der Waals surface area contributed by atoms with Gasteiger partial charge in [-0.15, -0.1) is 11.6 Å². The summed E-state index contributed by atoms with van der Waals surface area (Å²) in [5, 5.41) is 0.830. The quantitative estimate of drug-likeness (QED) is 0.549. The van der Waals surface area contributed by atoms with Crippen LogP contribution in [0.15, 0.2) is 0 Å². The van der Waals surface area contributed by atoms with Crippen molar-refractivity contribution in [2.45, 2.75) is 46.5 Å². The fourth-order valence-corrected chi connectivity index (χ4v) is 4.22. The minimum Gasteiger partial charge on any atom is -0.267 e. The highest BCUT2D eigenvalue weighted by Gasteiger charge is 2.22. The molecule has 0 bridgehead atoms. The maximum Gasteiger partial charge on any atom is 0.0637 e. The topological polar surface area (TPSA) is 3.24 Å². The minimum atomic E-state index is -0.701. The second-order valence-corrected chi connectivity index (χ2v) is 8.67. The van der Waals surface area contributed by atoms with E-state index in [1.807, 2.05) is 0 Å². The lowest BCUT2D eigenvalue weighted by atomic mass is 10.3. The molecule has 0 aromatic carbocycles. The van der Waals surface area contributed by atoms with Gasteiger partial charge >= 0.3 is 0 Å². The second-order valence-electron chi connectivity index (χ2n) is 4.26. The van der Waals surface area contributed by atoms with Crippen molar-refractivity contribution in [2.75, 3.05) is 30.3 Å². The molecule has 0 aromatic heterocycles. The Labute approximate surface area is 103 Å². The molecule has 0 aliphatic carbocycles. The molecule has 0 radical (unpaired) electrons. The Morgan fingerprint density at radius 2 is 1.47 bits per heavy atom. The van der Waals surface area contributed by atoms with Gasteiger partial charge in [-0.1, -0.05) is 33.6 Å². The van der Waals surface area contributed by atoms with Crippen molar-refractivity contribution in [3.8, 4) is 0 Å². The summed E-state index contributed by atoms with van der Waals surface area (Å²) in [5.41, 5.74) is 0. The van der Waals surface area contributed by atoms with Crippen LogP contribution in [-0.2, 0) is 0 Å². The fourth-order valence-electron chi connectivity index (χ4n) is 1.55. The Morgan fingerprint density at radius 1 is 1.00 bits per heavy atom. The molecule has 0 aliphatic heterocycles. The number of nitrogens with zero attached hydrogens (tertiary/aromatic N) is 1. The lowest BCUT2D eigenvalue weighted by Crippen LogP contribution is -2.31. The smallest absolute Gasteiger partial charge is 0.0637 e. The van der Waals surface area contributed by atoms with Crippen LogP contribution in [0.5, 0.6) is 0 Å². The van der Waals surface area contributed by atoms with Crippen LogP contribution in [0.2, 0.25) is 0 Å². The highest BCUT2D eigenvalue weighted by atomic mass is 35.5. The summed E-state index contributed by atoms with van der Waals surface area (Å²) in [7, 11) is -0.701. The molecule has 0 amide bonds. The number of unbranched alkanes of at least 4 members (excludes halogenated alkanes) is 2. The van der Waals surface area contributed by atoms with E-state index >= 15 is 0 Å². The third-order valence-electron chi connectivity index (χ3n) is 3.00. The van der Waals surface area contributed by atoms with Gasteiger partial charge in [-0.3, -0.25) is 4.31 Å². The standard InChI is InChI=1S/C12H28ClNS/c1-5-8-10-14(11-9-6-2)15(4,7-3)12-13/h5-12H2,1-4H3. The molecule has 0 aromatic rings. The molecule has 0 rings (SSSR count). The van der Waals surface area contributed by atoms with E-state index in [2.05, 4.69) is 31.3 Å². The molecule has 3 heteroatoms. The maximum absolute atomic E-state index is 6.16. The van der Waals surface area contributed by atoms with Crippen molar-refractivity contribution in [2.24, 2.45) is 0 Å². The molecule has 0 spiro atoms. The Bertz CT molecular complexity index is 141. The molecule has 94 valence electrons. The van der Waals surface area contributed by atoms with E-state index < -0.39 is 10.2 Å². The number of halogens is 1. The van der Waals surface area contributed by atoms with Gasteiger partial charge in [0, 0.05) is 13.1 Å². The van der Waals surface area contributed by atoms with Crippen LogP contribution in [-0.4, -0.2) is 34.6 Å². The number of rotatable bonds is 9. The molecule has 1 unspecified atom stereocenters. The van der Waals surface area contributed by atoms with Gasteiger partial charge in [-0.25, -0.2) is 0 Å². The first-order valence-electron chi connectivity index (χ1n) is 6.19. The van der Waals surface area contributed by atoms with Crippen LogP contribution in [0.25, 0.3) is 0 Å². The third-order valence-corrected chi connectivity index (χ3v) is 7.74. The Hall–Kier alpha value is 0.600. The van der Waals surface area contributed by atoms with Crippen LogP contribution in [0.1, 0.15) is 46.5 Å². The van der Waals surface area contributed by atoms with Crippen LogP contribution >= 0.6 is 21.8 Å². The summed E-state index contributed by atoms with van der Waals surface area (Å²) in [6.45, 7) is 9.28. The molecule has 0 saturated carbocycles. The van der Waals surface area contributed by atoms with Crippen molar-refractivity contribution in [3.63, 3.8) is 0 Å². The average molecular weight is 254 g/mol. The largest absolute Gasteiger partial charge is 0.267 e. The van der Waals surface area contributed by atoms with E-state index in [9.17, 15) is 0 Å². The molecule has 0 fully saturated rings. The van der Waals surface area contributed by atoms with E-state index in [0.717, 1.165) is 5.21 Å². The van der Waals surface area contributed by atoms with E-state index in [-0.39, 0.29) is 0 Å². The molecule has 0 heterocycles. The summed E-state index contributed by atoms with van der Waals surface area (Å²) >= 11 is 6.16. The Kier molecular flexibility index (Phi) is 9.07. The van der Waals surface area contributed by atoms with Gasteiger partial charge in [-0.2, -0.15) is 10.2 Å². The van der Waals surface area contributed by atoms with Gasteiger partial charge in [0.15, 0.2) is 0 Å². The van der Waals surface area contributed by atoms with Crippen LogP contribution in [0.4, 0.5) is 0 Å². The molecule has 1 atom stereocenters. The lowest BCUT2D eigenvalue weighted by Gasteiger charge is -2.44. The average Bonchev–Trinajstić information content (AvgIpc) is 2.28. The number of hydrogen-bond acceptors (Lipinski definition) is 1. The first kappa shape index (κ1) is 15.6. The zero-order valence-corrected chi connectivity index (χ0v) is 12.5.